The van der Waals surface area contributed by atoms with E-state index in [-0.39, 0.29) is 11.9 Å². The SMILES string of the molecule is CCN1CCC(N(C)C(=O)c2cc(OC)c(Br)c(OC)c2)CC1. The summed E-state index contributed by atoms with van der Waals surface area (Å²) in [6, 6.07) is 3.80. The van der Waals surface area contributed by atoms with Crippen LogP contribution in [0.15, 0.2) is 16.6 Å². The molecule has 0 aromatic heterocycles. The lowest BCUT2D eigenvalue weighted by Gasteiger charge is -2.36. The Morgan fingerprint density at radius 3 is 2.22 bits per heavy atom. The quantitative estimate of drug-likeness (QED) is 0.782. The minimum atomic E-state index is 0.00375. The van der Waals surface area contributed by atoms with E-state index in [0.717, 1.165) is 36.9 Å². The number of amides is 1. The summed E-state index contributed by atoms with van der Waals surface area (Å²) in [5, 5.41) is 0. The molecule has 1 aromatic rings. The van der Waals surface area contributed by atoms with Gasteiger partial charge in [0, 0.05) is 31.7 Å². The highest BCUT2D eigenvalue weighted by Gasteiger charge is 2.26. The van der Waals surface area contributed by atoms with Gasteiger partial charge in [-0.1, -0.05) is 6.92 Å². The van der Waals surface area contributed by atoms with Crippen LogP contribution < -0.4 is 9.47 Å². The molecular weight excluding hydrogens is 360 g/mol. The number of piperidine rings is 1. The van der Waals surface area contributed by atoms with Crippen LogP contribution in [-0.4, -0.2) is 62.7 Å². The Morgan fingerprint density at radius 1 is 1.26 bits per heavy atom. The predicted molar refractivity (Wildman–Crippen MR) is 94.5 cm³/mol. The Balaban J connectivity index is 2.16. The molecule has 128 valence electrons. The lowest BCUT2D eigenvalue weighted by Crippen LogP contribution is -2.45. The van der Waals surface area contributed by atoms with Crippen LogP contribution in [0.5, 0.6) is 11.5 Å². The summed E-state index contributed by atoms with van der Waals surface area (Å²) in [7, 11) is 5.05. The van der Waals surface area contributed by atoms with Gasteiger partial charge in [0.2, 0.25) is 0 Å². The van der Waals surface area contributed by atoms with E-state index in [1.165, 1.54) is 0 Å². The molecular formula is C17H25BrN2O3. The number of hydrogen-bond donors (Lipinski definition) is 0. The highest BCUT2D eigenvalue weighted by Crippen LogP contribution is 2.36. The Bertz CT molecular complexity index is 532. The van der Waals surface area contributed by atoms with E-state index in [9.17, 15) is 4.79 Å². The number of carbonyl (C=O) groups is 1. The number of benzene rings is 1. The summed E-state index contributed by atoms with van der Waals surface area (Å²) >= 11 is 3.43. The van der Waals surface area contributed by atoms with Crippen molar-refractivity contribution >= 4 is 21.8 Å². The molecule has 0 atom stereocenters. The molecule has 1 heterocycles. The van der Waals surface area contributed by atoms with Crippen molar-refractivity contribution in [1.29, 1.82) is 0 Å². The zero-order valence-corrected chi connectivity index (χ0v) is 15.9. The number of hydrogen-bond acceptors (Lipinski definition) is 4. The Hall–Kier alpha value is -1.27. The van der Waals surface area contributed by atoms with E-state index < -0.39 is 0 Å². The summed E-state index contributed by atoms with van der Waals surface area (Å²) in [6.45, 7) is 5.35. The van der Waals surface area contributed by atoms with Gasteiger partial charge in [0.1, 0.15) is 16.0 Å². The van der Waals surface area contributed by atoms with Crippen molar-refractivity contribution in [2.45, 2.75) is 25.8 Å². The zero-order chi connectivity index (χ0) is 17.0. The Labute approximate surface area is 146 Å². The first-order valence-corrected chi connectivity index (χ1v) is 8.72. The van der Waals surface area contributed by atoms with Gasteiger partial charge < -0.3 is 19.3 Å². The standard InChI is InChI=1S/C17H25BrN2O3/c1-5-20-8-6-13(7-9-20)19(2)17(21)12-10-14(22-3)16(18)15(11-12)23-4/h10-11,13H,5-9H2,1-4H3. The zero-order valence-electron chi connectivity index (χ0n) is 14.3. The van der Waals surface area contributed by atoms with Crippen LogP contribution in [0.4, 0.5) is 0 Å². The van der Waals surface area contributed by atoms with Crippen LogP contribution in [0.3, 0.4) is 0 Å². The van der Waals surface area contributed by atoms with Gasteiger partial charge in [-0.25, -0.2) is 0 Å². The lowest BCUT2D eigenvalue weighted by atomic mass is 10.0. The van der Waals surface area contributed by atoms with Gasteiger partial charge in [-0.15, -0.1) is 0 Å². The molecule has 1 saturated heterocycles. The van der Waals surface area contributed by atoms with Gasteiger partial charge in [-0.3, -0.25) is 4.79 Å². The van der Waals surface area contributed by atoms with Gasteiger partial charge in [0.05, 0.1) is 14.2 Å². The number of carbonyl (C=O) groups excluding carboxylic acids is 1. The van der Waals surface area contributed by atoms with Crippen molar-refractivity contribution in [1.82, 2.24) is 9.80 Å². The van der Waals surface area contributed by atoms with Crippen molar-refractivity contribution in [3.63, 3.8) is 0 Å². The minimum absolute atomic E-state index is 0.00375. The second kappa shape index (κ2) is 8.02. The Kier molecular flexibility index (Phi) is 6.30. The monoisotopic (exact) mass is 384 g/mol. The van der Waals surface area contributed by atoms with Gasteiger partial charge in [0.15, 0.2) is 0 Å². The molecule has 0 bridgehead atoms. The van der Waals surface area contributed by atoms with Crippen molar-refractivity contribution in [3.8, 4) is 11.5 Å². The maximum absolute atomic E-state index is 12.8. The predicted octanol–water partition coefficient (Wildman–Crippen LogP) is 3.02. The van der Waals surface area contributed by atoms with Crippen molar-refractivity contribution in [2.24, 2.45) is 0 Å². The molecule has 1 aliphatic heterocycles. The number of likely N-dealkylation sites (tertiary alicyclic amines) is 1. The number of rotatable bonds is 5. The average molecular weight is 385 g/mol. The summed E-state index contributed by atoms with van der Waals surface area (Å²) in [6.07, 6.45) is 2.03. The van der Waals surface area contributed by atoms with Gasteiger partial charge in [-0.2, -0.15) is 0 Å². The van der Waals surface area contributed by atoms with Gasteiger partial charge in [-0.05, 0) is 47.4 Å². The van der Waals surface area contributed by atoms with Gasteiger partial charge in [0.25, 0.3) is 5.91 Å². The molecule has 0 aliphatic carbocycles. The van der Waals surface area contributed by atoms with Crippen LogP contribution in [0, 0.1) is 0 Å². The number of ether oxygens (including phenoxy) is 2. The summed E-state index contributed by atoms with van der Waals surface area (Å²) in [4.78, 5) is 17.1. The third-order valence-corrected chi connectivity index (χ3v) is 5.35. The van der Waals surface area contributed by atoms with E-state index in [2.05, 4.69) is 27.8 Å². The summed E-state index contributed by atoms with van der Waals surface area (Å²) < 4.78 is 11.4. The highest BCUT2D eigenvalue weighted by molar-refractivity contribution is 9.10. The molecule has 1 aliphatic rings. The van der Waals surface area contributed by atoms with E-state index in [0.29, 0.717) is 17.1 Å². The molecule has 23 heavy (non-hydrogen) atoms. The minimum Gasteiger partial charge on any atom is -0.495 e. The third-order valence-electron chi connectivity index (χ3n) is 4.57. The van der Waals surface area contributed by atoms with Gasteiger partial charge >= 0.3 is 0 Å². The normalized spacial score (nSPS) is 16.2. The highest BCUT2D eigenvalue weighted by atomic mass is 79.9. The molecule has 0 saturated carbocycles. The van der Waals surface area contributed by atoms with Crippen molar-refractivity contribution in [3.05, 3.63) is 22.2 Å². The maximum atomic E-state index is 12.8. The molecule has 0 radical (unpaired) electrons. The molecule has 1 aromatic carbocycles. The second-order valence-corrected chi connectivity index (χ2v) is 6.57. The van der Waals surface area contributed by atoms with E-state index in [4.69, 9.17) is 9.47 Å². The lowest BCUT2D eigenvalue weighted by molar-refractivity contribution is 0.0646. The van der Waals surface area contributed by atoms with Crippen molar-refractivity contribution in [2.75, 3.05) is 40.9 Å². The summed E-state index contributed by atoms with van der Waals surface area (Å²) in [5.41, 5.74) is 0.585. The van der Waals surface area contributed by atoms with Crippen LogP contribution >= 0.6 is 15.9 Å². The molecule has 0 spiro atoms. The maximum Gasteiger partial charge on any atom is 0.254 e. The molecule has 0 N–H and O–H groups in total. The second-order valence-electron chi connectivity index (χ2n) is 5.78. The average Bonchev–Trinajstić information content (AvgIpc) is 2.60. The first-order chi connectivity index (χ1) is 11.0. The molecule has 0 unspecified atom stereocenters. The summed E-state index contributed by atoms with van der Waals surface area (Å²) in [5.74, 6) is 1.20. The van der Waals surface area contributed by atoms with E-state index in [1.807, 2.05) is 11.9 Å². The van der Waals surface area contributed by atoms with E-state index >= 15 is 0 Å². The fourth-order valence-electron chi connectivity index (χ4n) is 2.99. The largest absolute Gasteiger partial charge is 0.495 e. The topological polar surface area (TPSA) is 42.0 Å². The first kappa shape index (κ1) is 18.1. The number of nitrogens with zero attached hydrogens (tertiary/aromatic N) is 2. The van der Waals surface area contributed by atoms with Crippen LogP contribution in [0.25, 0.3) is 0 Å². The van der Waals surface area contributed by atoms with Crippen LogP contribution in [-0.2, 0) is 0 Å². The van der Waals surface area contributed by atoms with E-state index in [1.54, 1.807) is 26.4 Å². The van der Waals surface area contributed by atoms with Crippen molar-refractivity contribution < 1.29 is 14.3 Å². The third kappa shape index (κ3) is 3.98. The van der Waals surface area contributed by atoms with Crippen LogP contribution in [0.2, 0.25) is 0 Å². The van der Waals surface area contributed by atoms with Crippen LogP contribution in [0.1, 0.15) is 30.1 Å². The fourth-order valence-corrected chi connectivity index (χ4v) is 3.54. The number of halogens is 1. The smallest absolute Gasteiger partial charge is 0.254 e. The Morgan fingerprint density at radius 2 is 1.78 bits per heavy atom. The molecule has 2 rings (SSSR count). The fraction of sp³-hybridized carbons (Fsp3) is 0.588. The molecule has 6 heteroatoms. The molecule has 1 fully saturated rings. The molecule has 1 amide bonds. The first-order valence-electron chi connectivity index (χ1n) is 7.92. The number of methoxy groups -OCH3 is 2. The molecule has 5 nitrogen and oxygen atoms in total.